The minimum Gasteiger partial charge on any atom is -0.354 e. The predicted molar refractivity (Wildman–Crippen MR) is 83.6 cm³/mol. The van der Waals surface area contributed by atoms with E-state index in [1.807, 2.05) is 37.3 Å². The predicted octanol–water partition coefficient (Wildman–Crippen LogP) is 0.977. The molecule has 0 aromatic heterocycles. The molecule has 5 nitrogen and oxygen atoms in total. The quantitative estimate of drug-likeness (QED) is 0.667. The topological polar surface area (TPSA) is 84.2 Å². The molecule has 0 aliphatic heterocycles. The van der Waals surface area contributed by atoms with Crippen molar-refractivity contribution in [3.8, 4) is 0 Å². The molecule has 2 unspecified atom stereocenters. The van der Waals surface area contributed by atoms with Gasteiger partial charge in [-0.15, -0.1) is 0 Å². The van der Waals surface area contributed by atoms with Crippen LogP contribution in [-0.4, -0.2) is 30.4 Å². The Labute approximate surface area is 126 Å². The second kappa shape index (κ2) is 9.13. The van der Waals surface area contributed by atoms with E-state index in [4.69, 9.17) is 5.73 Å². The van der Waals surface area contributed by atoms with Crippen LogP contribution in [0.3, 0.4) is 0 Å². The van der Waals surface area contributed by atoms with Gasteiger partial charge in [0.15, 0.2) is 0 Å². The molecule has 21 heavy (non-hydrogen) atoms. The molecule has 0 saturated carbocycles. The van der Waals surface area contributed by atoms with Gasteiger partial charge in [0.1, 0.15) is 6.04 Å². The van der Waals surface area contributed by atoms with Gasteiger partial charge in [-0.05, 0) is 31.7 Å². The molecule has 0 heterocycles. The van der Waals surface area contributed by atoms with Crippen LogP contribution in [0.5, 0.6) is 0 Å². The number of aryl methyl sites for hydroxylation is 1. The zero-order valence-electron chi connectivity index (χ0n) is 12.8. The van der Waals surface area contributed by atoms with E-state index in [-0.39, 0.29) is 11.8 Å². The molecule has 2 amide bonds. The number of carbonyl (C=O) groups is 2. The van der Waals surface area contributed by atoms with Gasteiger partial charge >= 0.3 is 0 Å². The van der Waals surface area contributed by atoms with Crippen LogP contribution < -0.4 is 16.4 Å². The molecular weight excluding hydrogens is 266 g/mol. The lowest BCUT2D eigenvalue weighted by molar-refractivity contribution is -0.129. The highest BCUT2D eigenvalue weighted by atomic mass is 16.2. The summed E-state index contributed by atoms with van der Waals surface area (Å²) in [6.45, 7) is 4.24. The Morgan fingerprint density at radius 2 is 1.86 bits per heavy atom. The van der Waals surface area contributed by atoms with E-state index in [0.717, 1.165) is 18.4 Å². The fraction of sp³-hybridized carbons (Fsp3) is 0.500. The Balaban J connectivity index is 2.35. The summed E-state index contributed by atoms with van der Waals surface area (Å²) in [7, 11) is 0. The Morgan fingerprint density at radius 1 is 1.19 bits per heavy atom. The lowest BCUT2D eigenvalue weighted by Gasteiger charge is -2.17. The van der Waals surface area contributed by atoms with Crippen molar-refractivity contribution < 1.29 is 9.59 Å². The number of nitrogens with two attached hydrogens (primary N) is 1. The summed E-state index contributed by atoms with van der Waals surface area (Å²) in [6, 6.07) is 8.71. The third-order valence-electron chi connectivity index (χ3n) is 3.22. The molecular formula is C16H25N3O2. The molecule has 0 fully saturated rings. The molecule has 1 rings (SSSR count). The summed E-state index contributed by atoms with van der Waals surface area (Å²) in [6.07, 6.45) is 2.16. The first kappa shape index (κ1) is 17.2. The van der Waals surface area contributed by atoms with Crippen molar-refractivity contribution >= 4 is 11.8 Å². The molecule has 0 radical (unpaired) electrons. The zero-order chi connectivity index (χ0) is 15.7. The summed E-state index contributed by atoms with van der Waals surface area (Å²) >= 11 is 0. The maximum Gasteiger partial charge on any atom is 0.242 e. The van der Waals surface area contributed by atoms with Gasteiger partial charge in [0, 0.05) is 6.54 Å². The fourth-order valence-electron chi connectivity index (χ4n) is 1.89. The third kappa shape index (κ3) is 6.40. The zero-order valence-corrected chi connectivity index (χ0v) is 12.8. The standard InChI is InChI=1S/C16H25N3O2/c1-3-11-18-15(20)12(2)19-16(21)14(17)10-9-13-7-5-4-6-8-13/h4-8,12,14H,3,9-11,17H2,1-2H3,(H,18,20)(H,19,21). The minimum atomic E-state index is -0.605. The molecule has 1 aromatic rings. The van der Waals surface area contributed by atoms with Gasteiger partial charge in [0.05, 0.1) is 6.04 Å². The summed E-state index contributed by atoms with van der Waals surface area (Å²) in [5.74, 6) is -0.467. The van der Waals surface area contributed by atoms with Crippen molar-refractivity contribution in [1.82, 2.24) is 10.6 Å². The van der Waals surface area contributed by atoms with E-state index < -0.39 is 12.1 Å². The van der Waals surface area contributed by atoms with E-state index in [0.29, 0.717) is 13.0 Å². The van der Waals surface area contributed by atoms with E-state index in [9.17, 15) is 9.59 Å². The number of nitrogens with one attached hydrogen (secondary N) is 2. The summed E-state index contributed by atoms with van der Waals surface area (Å²) < 4.78 is 0. The van der Waals surface area contributed by atoms with Crippen molar-refractivity contribution in [2.24, 2.45) is 5.73 Å². The maximum absolute atomic E-state index is 11.9. The SMILES string of the molecule is CCCNC(=O)C(C)NC(=O)C(N)CCc1ccccc1. The molecule has 0 aliphatic rings. The highest BCUT2D eigenvalue weighted by Crippen LogP contribution is 2.04. The lowest BCUT2D eigenvalue weighted by atomic mass is 10.1. The number of hydrogen-bond donors (Lipinski definition) is 3. The normalized spacial score (nSPS) is 13.3. The highest BCUT2D eigenvalue weighted by Gasteiger charge is 2.19. The lowest BCUT2D eigenvalue weighted by Crippen LogP contribution is -2.50. The first-order valence-corrected chi connectivity index (χ1v) is 7.42. The molecule has 0 saturated heterocycles. The van der Waals surface area contributed by atoms with Crippen LogP contribution in [0.25, 0.3) is 0 Å². The Kier molecular flexibility index (Phi) is 7.46. The van der Waals surface area contributed by atoms with Gasteiger partial charge in [0.25, 0.3) is 0 Å². The molecule has 0 aliphatic carbocycles. The van der Waals surface area contributed by atoms with Gasteiger partial charge in [-0.1, -0.05) is 37.3 Å². The van der Waals surface area contributed by atoms with Gasteiger partial charge in [0.2, 0.25) is 11.8 Å². The van der Waals surface area contributed by atoms with Gasteiger partial charge in [-0.2, -0.15) is 0 Å². The van der Waals surface area contributed by atoms with E-state index >= 15 is 0 Å². The third-order valence-corrected chi connectivity index (χ3v) is 3.22. The van der Waals surface area contributed by atoms with Crippen LogP contribution >= 0.6 is 0 Å². The van der Waals surface area contributed by atoms with Crippen LogP contribution in [0.1, 0.15) is 32.3 Å². The average molecular weight is 291 g/mol. The smallest absolute Gasteiger partial charge is 0.242 e. The Hall–Kier alpha value is -1.88. The molecule has 2 atom stereocenters. The summed E-state index contributed by atoms with van der Waals surface area (Å²) in [5, 5.41) is 5.39. The van der Waals surface area contributed by atoms with Crippen LogP contribution in [0, 0.1) is 0 Å². The van der Waals surface area contributed by atoms with Crippen molar-refractivity contribution in [3.63, 3.8) is 0 Å². The van der Waals surface area contributed by atoms with Crippen molar-refractivity contribution in [3.05, 3.63) is 35.9 Å². The second-order valence-electron chi connectivity index (χ2n) is 5.15. The number of amides is 2. The monoisotopic (exact) mass is 291 g/mol. The van der Waals surface area contributed by atoms with Crippen LogP contribution in [0.4, 0.5) is 0 Å². The number of carbonyl (C=O) groups excluding carboxylic acids is 2. The second-order valence-corrected chi connectivity index (χ2v) is 5.15. The van der Waals surface area contributed by atoms with Crippen LogP contribution in [0.2, 0.25) is 0 Å². The fourth-order valence-corrected chi connectivity index (χ4v) is 1.89. The van der Waals surface area contributed by atoms with Gasteiger partial charge in [-0.25, -0.2) is 0 Å². The molecule has 1 aromatic carbocycles. The van der Waals surface area contributed by atoms with E-state index in [1.165, 1.54) is 0 Å². The van der Waals surface area contributed by atoms with Crippen LogP contribution in [0.15, 0.2) is 30.3 Å². The first-order chi connectivity index (χ1) is 10.0. The molecule has 4 N–H and O–H groups in total. The van der Waals surface area contributed by atoms with Gasteiger partial charge < -0.3 is 16.4 Å². The van der Waals surface area contributed by atoms with Crippen molar-refractivity contribution in [2.45, 2.75) is 45.2 Å². The summed E-state index contributed by atoms with van der Waals surface area (Å²) in [4.78, 5) is 23.6. The molecule has 116 valence electrons. The molecule has 0 bridgehead atoms. The van der Waals surface area contributed by atoms with Gasteiger partial charge in [-0.3, -0.25) is 9.59 Å². The highest BCUT2D eigenvalue weighted by molar-refractivity contribution is 5.89. The number of rotatable bonds is 8. The van der Waals surface area contributed by atoms with Crippen molar-refractivity contribution in [2.75, 3.05) is 6.54 Å². The number of benzene rings is 1. The number of hydrogen-bond acceptors (Lipinski definition) is 3. The first-order valence-electron chi connectivity index (χ1n) is 7.42. The molecule has 5 heteroatoms. The largest absolute Gasteiger partial charge is 0.354 e. The molecule has 0 spiro atoms. The Morgan fingerprint density at radius 3 is 2.48 bits per heavy atom. The maximum atomic E-state index is 11.9. The van der Waals surface area contributed by atoms with Crippen LogP contribution in [-0.2, 0) is 16.0 Å². The average Bonchev–Trinajstić information content (AvgIpc) is 2.50. The van der Waals surface area contributed by atoms with E-state index in [2.05, 4.69) is 10.6 Å². The minimum absolute atomic E-state index is 0.180. The Bertz CT molecular complexity index is 448. The van der Waals surface area contributed by atoms with Crippen molar-refractivity contribution in [1.29, 1.82) is 0 Å². The summed E-state index contributed by atoms with van der Waals surface area (Å²) in [5.41, 5.74) is 7.02. The van der Waals surface area contributed by atoms with E-state index in [1.54, 1.807) is 6.92 Å².